The smallest absolute Gasteiger partial charge is 0.410 e. The molecule has 1 aromatic rings. The van der Waals surface area contributed by atoms with Crippen LogP contribution in [0.5, 0.6) is 0 Å². The molecule has 2 rings (SSSR count). The summed E-state index contributed by atoms with van der Waals surface area (Å²) in [5.41, 5.74) is 7.19. The highest BCUT2D eigenvalue weighted by Crippen LogP contribution is 2.33. The van der Waals surface area contributed by atoms with E-state index in [4.69, 9.17) is 10.5 Å². The van der Waals surface area contributed by atoms with Crippen molar-refractivity contribution < 1.29 is 9.53 Å². The van der Waals surface area contributed by atoms with Gasteiger partial charge in [0, 0.05) is 12.2 Å². The summed E-state index contributed by atoms with van der Waals surface area (Å²) in [6, 6.07) is 3.80. The van der Waals surface area contributed by atoms with Gasteiger partial charge in [-0.25, -0.2) is 9.78 Å². The summed E-state index contributed by atoms with van der Waals surface area (Å²) in [6.07, 6.45) is 2.81. The van der Waals surface area contributed by atoms with Crippen molar-refractivity contribution in [3.05, 3.63) is 23.4 Å². The van der Waals surface area contributed by atoms with Gasteiger partial charge in [-0.2, -0.15) is 0 Å². The number of carbonyl (C=O) groups is 1. The maximum atomic E-state index is 12.4. The van der Waals surface area contributed by atoms with Crippen molar-refractivity contribution in [2.24, 2.45) is 0 Å². The topological polar surface area (TPSA) is 68.5 Å². The summed E-state index contributed by atoms with van der Waals surface area (Å²) < 4.78 is 5.53. The van der Waals surface area contributed by atoms with Gasteiger partial charge in [-0.1, -0.05) is 6.07 Å². The maximum Gasteiger partial charge on any atom is 0.410 e. The number of piperidine rings is 1. The zero-order chi connectivity index (χ0) is 15.6. The average molecular weight is 291 g/mol. The quantitative estimate of drug-likeness (QED) is 0.860. The van der Waals surface area contributed by atoms with E-state index in [1.165, 1.54) is 0 Å². The van der Waals surface area contributed by atoms with Crippen LogP contribution in [0.2, 0.25) is 0 Å². The number of anilines is 1. The fraction of sp³-hybridized carbons (Fsp3) is 0.625. The third-order valence-corrected chi connectivity index (χ3v) is 3.64. The number of nitrogen functional groups attached to an aromatic ring is 1. The first kappa shape index (κ1) is 15.6. The van der Waals surface area contributed by atoms with E-state index in [-0.39, 0.29) is 12.1 Å². The zero-order valence-electron chi connectivity index (χ0n) is 13.3. The second-order valence-corrected chi connectivity index (χ2v) is 6.60. The molecule has 1 aliphatic heterocycles. The lowest BCUT2D eigenvalue weighted by molar-refractivity contribution is 0.00942. The number of aromatic nitrogens is 1. The van der Waals surface area contributed by atoms with Crippen molar-refractivity contribution in [2.45, 2.75) is 58.6 Å². The Hall–Kier alpha value is -1.78. The predicted molar refractivity (Wildman–Crippen MR) is 82.9 cm³/mol. The van der Waals surface area contributed by atoms with Crippen LogP contribution in [0.3, 0.4) is 0 Å². The Balaban J connectivity index is 2.24. The fourth-order valence-corrected chi connectivity index (χ4v) is 2.74. The van der Waals surface area contributed by atoms with Crippen molar-refractivity contribution in [2.75, 3.05) is 12.3 Å². The van der Waals surface area contributed by atoms with E-state index in [9.17, 15) is 4.79 Å². The Bertz CT molecular complexity index is 523. The van der Waals surface area contributed by atoms with Gasteiger partial charge in [-0.05, 0) is 58.6 Å². The molecule has 0 aliphatic carbocycles. The molecule has 1 unspecified atom stereocenters. The minimum absolute atomic E-state index is 0.0294. The Labute approximate surface area is 126 Å². The fourth-order valence-electron chi connectivity index (χ4n) is 2.74. The van der Waals surface area contributed by atoms with Gasteiger partial charge in [0.05, 0.1) is 6.04 Å². The summed E-state index contributed by atoms with van der Waals surface area (Å²) in [6.45, 7) is 8.33. The molecule has 0 bridgehead atoms. The number of carbonyl (C=O) groups excluding carboxylic acids is 1. The third-order valence-electron chi connectivity index (χ3n) is 3.64. The highest BCUT2D eigenvalue weighted by molar-refractivity contribution is 5.69. The van der Waals surface area contributed by atoms with Crippen LogP contribution in [0, 0.1) is 6.92 Å². The zero-order valence-corrected chi connectivity index (χ0v) is 13.3. The maximum absolute atomic E-state index is 12.4. The minimum Gasteiger partial charge on any atom is -0.444 e. The molecule has 5 nitrogen and oxygen atoms in total. The van der Waals surface area contributed by atoms with Crippen molar-refractivity contribution >= 4 is 11.9 Å². The molecule has 1 fully saturated rings. The molecule has 1 amide bonds. The Morgan fingerprint density at radius 1 is 1.38 bits per heavy atom. The Morgan fingerprint density at radius 3 is 2.71 bits per heavy atom. The summed E-state index contributed by atoms with van der Waals surface area (Å²) in [5, 5.41) is 0. The Morgan fingerprint density at radius 2 is 2.10 bits per heavy atom. The lowest BCUT2D eigenvalue weighted by Gasteiger charge is -2.37. The monoisotopic (exact) mass is 291 g/mol. The summed E-state index contributed by atoms with van der Waals surface area (Å²) in [4.78, 5) is 18.6. The number of hydrogen-bond acceptors (Lipinski definition) is 4. The molecule has 0 spiro atoms. The second-order valence-electron chi connectivity index (χ2n) is 6.60. The van der Waals surface area contributed by atoms with E-state index in [0.717, 1.165) is 37.1 Å². The van der Waals surface area contributed by atoms with Gasteiger partial charge in [-0.15, -0.1) is 0 Å². The van der Waals surface area contributed by atoms with Gasteiger partial charge in [0.1, 0.15) is 11.4 Å². The lowest BCUT2D eigenvalue weighted by atomic mass is 9.94. The van der Waals surface area contributed by atoms with Crippen molar-refractivity contribution in [1.82, 2.24) is 9.88 Å². The van der Waals surface area contributed by atoms with Crippen LogP contribution in [-0.4, -0.2) is 28.1 Å². The van der Waals surface area contributed by atoms with Gasteiger partial charge >= 0.3 is 6.09 Å². The number of nitrogens with two attached hydrogens (primary N) is 1. The molecule has 2 N–H and O–H groups in total. The van der Waals surface area contributed by atoms with E-state index in [0.29, 0.717) is 5.82 Å². The van der Waals surface area contributed by atoms with E-state index in [1.807, 2.05) is 38.7 Å². The summed E-state index contributed by atoms with van der Waals surface area (Å²) >= 11 is 0. The first-order chi connectivity index (χ1) is 9.78. The Kier molecular flexibility index (Phi) is 4.40. The van der Waals surface area contributed by atoms with Crippen LogP contribution >= 0.6 is 0 Å². The van der Waals surface area contributed by atoms with Crippen LogP contribution in [0.15, 0.2) is 12.1 Å². The molecule has 0 aromatic carbocycles. The van der Waals surface area contributed by atoms with Crippen LogP contribution in [0.25, 0.3) is 0 Å². The molecule has 5 heteroatoms. The molecular formula is C16H25N3O2. The number of aryl methyl sites for hydroxylation is 1. The number of amides is 1. The van der Waals surface area contributed by atoms with Gasteiger partial charge in [-0.3, -0.25) is 0 Å². The molecule has 1 aromatic heterocycles. The van der Waals surface area contributed by atoms with Gasteiger partial charge < -0.3 is 15.4 Å². The molecule has 0 saturated carbocycles. The highest BCUT2D eigenvalue weighted by Gasteiger charge is 2.32. The number of nitrogens with zero attached hydrogens (tertiary/aromatic N) is 2. The number of likely N-dealkylation sites (tertiary alicyclic amines) is 1. The molecular weight excluding hydrogens is 266 g/mol. The lowest BCUT2D eigenvalue weighted by Crippen LogP contribution is -2.42. The molecule has 116 valence electrons. The number of pyridine rings is 1. The van der Waals surface area contributed by atoms with Gasteiger partial charge in [0.15, 0.2) is 0 Å². The first-order valence-electron chi connectivity index (χ1n) is 7.50. The minimum atomic E-state index is -0.479. The van der Waals surface area contributed by atoms with Crippen molar-refractivity contribution in [1.29, 1.82) is 0 Å². The van der Waals surface area contributed by atoms with Crippen molar-refractivity contribution in [3.8, 4) is 0 Å². The van der Waals surface area contributed by atoms with Gasteiger partial charge in [0.25, 0.3) is 0 Å². The standard InChI is InChI=1S/C16H25N3O2/c1-11-12(8-9-14(17)18-11)13-7-5-6-10-19(13)15(20)21-16(2,3)4/h8-9,13H,5-7,10H2,1-4H3,(H2,17,18). The van der Waals surface area contributed by atoms with E-state index in [2.05, 4.69) is 4.98 Å². The molecule has 21 heavy (non-hydrogen) atoms. The van der Waals surface area contributed by atoms with E-state index in [1.54, 1.807) is 6.07 Å². The molecule has 2 heterocycles. The number of ether oxygens (including phenoxy) is 1. The molecule has 1 aliphatic rings. The summed E-state index contributed by atoms with van der Waals surface area (Å²) in [5.74, 6) is 0.510. The van der Waals surface area contributed by atoms with Crippen LogP contribution in [-0.2, 0) is 4.74 Å². The van der Waals surface area contributed by atoms with Crippen LogP contribution < -0.4 is 5.73 Å². The van der Waals surface area contributed by atoms with Crippen LogP contribution in [0.1, 0.15) is 57.3 Å². The van der Waals surface area contributed by atoms with Crippen molar-refractivity contribution in [3.63, 3.8) is 0 Å². The number of hydrogen-bond donors (Lipinski definition) is 1. The third kappa shape index (κ3) is 3.86. The molecule has 1 saturated heterocycles. The molecule has 0 radical (unpaired) electrons. The van der Waals surface area contributed by atoms with Gasteiger partial charge in [0.2, 0.25) is 0 Å². The van der Waals surface area contributed by atoms with Crippen LogP contribution in [0.4, 0.5) is 10.6 Å². The van der Waals surface area contributed by atoms with E-state index < -0.39 is 5.60 Å². The highest BCUT2D eigenvalue weighted by atomic mass is 16.6. The van der Waals surface area contributed by atoms with E-state index >= 15 is 0 Å². The normalized spacial score (nSPS) is 19.4. The molecule has 1 atom stereocenters. The number of rotatable bonds is 1. The summed E-state index contributed by atoms with van der Waals surface area (Å²) in [7, 11) is 0. The SMILES string of the molecule is Cc1nc(N)ccc1C1CCCCN1C(=O)OC(C)(C)C. The average Bonchev–Trinajstić information content (AvgIpc) is 2.37. The second kappa shape index (κ2) is 5.92. The predicted octanol–water partition coefficient (Wildman–Crippen LogP) is 3.43. The first-order valence-corrected chi connectivity index (χ1v) is 7.50. The largest absolute Gasteiger partial charge is 0.444 e.